The predicted octanol–water partition coefficient (Wildman–Crippen LogP) is 2.09. The van der Waals surface area contributed by atoms with Gasteiger partial charge in [0.05, 0.1) is 12.1 Å². The van der Waals surface area contributed by atoms with Gasteiger partial charge < -0.3 is 20.3 Å². The molecule has 2 atom stereocenters. The van der Waals surface area contributed by atoms with Gasteiger partial charge in [-0.1, -0.05) is 23.4 Å². The van der Waals surface area contributed by atoms with Crippen LogP contribution in [0.4, 0.5) is 0 Å². The molecule has 0 spiro atoms. The number of hydrogen-bond acceptors (Lipinski definition) is 6. The lowest BCUT2D eigenvalue weighted by Gasteiger charge is -2.27. The molecular weight excluding hydrogens is 344 g/mol. The van der Waals surface area contributed by atoms with E-state index in [1.54, 1.807) is 0 Å². The van der Waals surface area contributed by atoms with E-state index in [1.165, 1.54) is 0 Å². The molecule has 0 aliphatic carbocycles. The lowest BCUT2D eigenvalue weighted by molar-refractivity contribution is -0.125. The minimum Gasteiger partial charge on any atom is -0.381 e. The minimum atomic E-state index is -0.545. The number of nitrogens with zero attached hydrogens (tertiary/aromatic N) is 2. The summed E-state index contributed by atoms with van der Waals surface area (Å²) < 4.78 is 10.6. The van der Waals surface area contributed by atoms with Gasteiger partial charge in [-0.25, -0.2) is 0 Å². The molecule has 136 valence electrons. The van der Waals surface area contributed by atoms with Crippen molar-refractivity contribution in [1.82, 2.24) is 15.5 Å². The van der Waals surface area contributed by atoms with Crippen LogP contribution in [0.2, 0.25) is 0 Å². The summed E-state index contributed by atoms with van der Waals surface area (Å²) in [6, 6.07) is 8.58. The normalized spacial score (nSPS) is 17.4. The second-order valence-electron chi connectivity index (χ2n) is 6.03. The van der Waals surface area contributed by atoms with Crippen molar-refractivity contribution in [2.24, 2.45) is 11.7 Å². The van der Waals surface area contributed by atoms with Crippen LogP contribution in [0.5, 0.6) is 0 Å². The van der Waals surface area contributed by atoms with E-state index in [0.717, 1.165) is 18.4 Å². The van der Waals surface area contributed by atoms with Crippen LogP contribution in [0.25, 0.3) is 11.5 Å². The van der Waals surface area contributed by atoms with Gasteiger partial charge in [-0.05, 0) is 37.8 Å². The van der Waals surface area contributed by atoms with E-state index < -0.39 is 6.04 Å². The smallest absolute Gasteiger partial charge is 0.257 e. The highest BCUT2D eigenvalue weighted by molar-refractivity contribution is 5.85. The van der Waals surface area contributed by atoms with E-state index in [9.17, 15) is 4.79 Å². The number of amides is 1. The van der Waals surface area contributed by atoms with Gasteiger partial charge in [-0.3, -0.25) is 4.79 Å². The lowest BCUT2D eigenvalue weighted by Crippen LogP contribution is -2.47. The van der Waals surface area contributed by atoms with Crippen molar-refractivity contribution in [2.45, 2.75) is 31.8 Å². The first-order chi connectivity index (χ1) is 11.6. The second kappa shape index (κ2) is 8.94. The van der Waals surface area contributed by atoms with Gasteiger partial charge in [0.25, 0.3) is 5.89 Å². The van der Waals surface area contributed by atoms with Crippen LogP contribution in [0.1, 0.15) is 31.6 Å². The van der Waals surface area contributed by atoms with Gasteiger partial charge in [0.1, 0.15) is 0 Å². The maximum atomic E-state index is 12.3. The molecule has 2 aromatic rings. The molecule has 3 N–H and O–H groups in total. The molecule has 25 heavy (non-hydrogen) atoms. The first kappa shape index (κ1) is 19.4. The van der Waals surface area contributed by atoms with Crippen molar-refractivity contribution in [2.75, 3.05) is 13.2 Å². The molecule has 7 nitrogen and oxygen atoms in total. The van der Waals surface area contributed by atoms with Crippen molar-refractivity contribution in [3.05, 3.63) is 36.2 Å². The Morgan fingerprint density at radius 2 is 1.96 bits per heavy atom. The second-order valence-corrected chi connectivity index (χ2v) is 6.03. The molecular formula is C17H23ClN4O3. The highest BCUT2D eigenvalue weighted by atomic mass is 35.5. The van der Waals surface area contributed by atoms with E-state index in [1.807, 2.05) is 37.3 Å². The number of hydrogen-bond donors (Lipinski definition) is 2. The van der Waals surface area contributed by atoms with E-state index in [4.69, 9.17) is 15.0 Å². The fourth-order valence-corrected chi connectivity index (χ4v) is 2.77. The van der Waals surface area contributed by atoms with Gasteiger partial charge in [0.15, 0.2) is 5.82 Å². The fourth-order valence-electron chi connectivity index (χ4n) is 2.77. The van der Waals surface area contributed by atoms with Crippen LogP contribution in [-0.4, -0.2) is 35.3 Å². The topological polar surface area (TPSA) is 103 Å². The van der Waals surface area contributed by atoms with Crippen LogP contribution < -0.4 is 11.1 Å². The molecule has 1 fully saturated rings. The third-order valence-corrected chi connectivity index (χ3v) is 4.29. The zero-order chi connectivity index (χ0) is 16.9. The molecule has 0 saturated carbocycles. The van der Waals surface area contributed by atoms with Crippen molar-refractivity contribution in [3.8, 4) is 11.5 Å². The van der Waals surface area contributed by atoms with Crippen LogP contribution in [-0.2, 0) is 9.53 Å². The highest BCUT2D eigenvalue weighted by Gasteiger charge is 2.28. The van der Waals surface area contributed by atoms with Crippen LogP contribution >= 0.6 is 12.4 Å². The number of carbonyl (C=O) groups is 1. The average Bonchev–Trinajstić information content (AvgIpc) is 3.13. The maximum absolute atomic E-state index is 12.3. The number of nitrogens with one attached hydrogen (secondary N) is 1. The molecule has 3 rings (SSSR count). The molecule has 0 bridgehead atoms. The molecule has 0 radical (unpaired) electrons. The van der Waals surface area contributed by atoms with Crippen LogP contribution in [0.3, 0.4) is 0 Å². The molecule has 8 heteroatoms. The van der Waals surface area contributed by atoms with Crippen molar-refractivity contribution in [1.29, 1.82) is 0 Å². The van der Waals surface area contributed by atoms with Gasteiger partial charge in [0.2, 0.25) is 5.91 Å². The quantitative estimate of drug-likeness (QED) is 0.839. The monoisotopic (exact) mass is 366 g/mol. The number of nitrogens with two attached hydrogens (primary N) is 1. The summed E-state index contributed by atoms with van der Waals surface area (Å²) in [5, 5.41) is 6.82. The van der Waals surface area contributed by atoms with Gasteiger partial charge in [-0.15, -0.1) is 12.4 Å². The molecule has 1 amide bonds. The Bertz CT molecular complexity index is 674. The third kappa shape index (κ3) is 4.78. The largest absolute Gasteiger partial charge is 0.381 e. The number of carbonyl (C=O) groups excluding carboxylic acids is 1. The molecule has 1 aliphatic heterocycles. The number of ether oxygens (including phenoxy) is 1. The van der Waals surface area contributed by atoms with Gasteiger partial charge in [0, 0.05) is 18.8 Å². The van der Waals surface area contributed by atoms with E-state index in [-0.39, 0.29) is 30.3 Å². The summed E-state index contributed by atoms with van der Waals surface area (Å²) in [6.45, 7) is 3.13. The van der Waals surface area contributed by atoms with E-state index in [0.29, 0.717) is 24.9 Å². The SMILES string of the molecule is CC(NC(=O)C(N)C1CCOCC1)c1noc(-c2ccccc2)n1.Cl. The van der Waals surface area contributed by atoms with Crippen LogP contribution in [0, 0.1) is 5.92 Å². The standard InChI is InChI=1S/C17H22N4O3.ClH/c1-11(19-16(22)14(18)12-7-9-23-10-8-12)15-20-17(24-21-15)13-5-3-2-4-6-13;/h2-6,11-12,14H,7-10,18H2,1H3,(H,19,22);1H. The predicted molar refractivity (Wildman–Crippen MR) is 95.1 cm³/mol. The Balaban J connectivity index is 0.00000225. The molecule has 1 aromatic carbocycles. The molecule has 2 heterocycles. The molecule has 1 saturated heterocycles. The third-order valence-electron chi connectivity index (χ3n) is 4.29. The van der Waals surface area contributed by atoms with Crippen LogP contribution in [0.15, 0.2) is 34.9 Å². The number of rotatable bonds is 5. The zero-order valence-electron chi connectivity index (χ0n) is 14.1. The molecule has 2 unspecified atom stereocenters. The first-order valence-corrected chi connectivity index (χ1v) is 8.18. The summed E-state index contributed by atoms with van der Waals surface area (Å²) in [6.07, 6.45) is 1.62. The maximum Gasteiger partial charge on any atom is 0.257 e. The Labute approximate surface area is 152 Å². The number of aromatic nitrogens is 2. The summed E-state index contributed by atoms with van der Waals surface area (Å²) in [4.78, 5) is 16.7. The van der Waals surface area contributed by atoms with E-state index >= 15 is 0 Å². The Morgan fingerprint density at radius 1 is 1.28 bits per heavy atom. The Morgan fingerprint density at radius 3 is 2.64 bits per heavy atom. The molecule has 1 aromatic heterocycles. The van der Waals surface area contributed by atoms with Crippen molar-refractivity contribution < 1.29 is 14.1 Å². The summed E-state index contributed by atoms with van der Waals surface area (Å²) in [7, 11) is 0. The zero-order valence-corrected chi connectivity index (χ0v) is 14.9. The molecule has 1 aliphatic rings. The highest BCUT2D eigenvalue weighted by Crippen LogP contribution is 2.20. The van der Waals surface area contributed by atoms with Crippen molar-refractivity contribution >= 4 is 18.3 Å². The Hall–Kier alpha value is -1.96. The number of benzene rings is 1. The lowest BCUT2D eigenvalue weighted by atomic mass is 9.91. The summed E-state index contributed by atoms with van der Waals surface area (Å²) in [5.41, 5.74) is 6.92. The first-order valence-electron chi connectivity index (χ1n) is 8.18. The van der Waals surface area contributed by atoms with E-state index in [2.05, 4.69) is 15.5 Å². The summed E-state index contributed by atoms with van der Waals surface area (Å²) >= 11 is 0. The van der Waals surface area contributed by atoms with Gasteiger partial charge >= 0.3 is 0 Å². The van der Waals surface area contributed by atoms with Gasteiger partial charge in [-0.2, -0.15) is 4.98 Å². The number of halogens is 1. The Kier molecular flexibility index (Phi) is 6.92. The van der Waals surface area contributed by atoms with Crippen molar-refractivity contribution in [3.63, 3.8) is 0 Å². The summed E-state index contributed by atoms with van der Waals surface area (Å²) in [5.74, 6) is 0.818. The average molecular weight is 367 g/mol. The minimum absolute atomic E-state index is 0. The fraction of sp³-hybridized carbons (Fsp3) is 0.471.